The molecule has 0 aliphatic carbocycles. The van der Waals surface area contributed by atoms with Crippen molar-refractivity contribution in [2.24, 2.45) is 5.90 Å². The highest BCUT2D eigenvalue weighted by atomic mass is 31.2. The molecule has 0 bridgehead atoms. The van der Waals surface area contributed by atoms with E-state index < -0.39 is 8.60 Å². The third-order valence-corrected chi connectivity index (χ3v) is 0.283. The van der Waals surface area contributed by atoms with E-state index in [1.807, 2.05) is 26.0 Å². The molecule has 0 saturated heterocycles. The zero-order valence-electron chi connectivity index (χ0n) is 5.77. The first-order valence-electron chi connectivity index (χ1n) is 2.16. The van der Waals surface area contributed by atoms with E-state index in [2.05, 4.69) is 10.5 Å². The lowest BCUT2D eigenvalue weighted by atomic mass is 11.0. The zero-order valence-corrected chi connectivity index (χ0v) is 6.67. The van der Waals surface area contributed by atoms with Gasteiger partial charge in [-0.25, -0.2) is 10.5 Å². The first-order chi connectivity index (χ1) is 4.00. The molecule has 0 aromatic carbocycles. The van der Waals surface area contributed by atoms with E-state index in [0.29, 0.717) is 0 Å². The third-order valence-electron chi connectivity index (χ3n) is 0.0943. The Labute approximate surface area is 56.0 Å². The predicted octanol–water partition coefficient (Wildman–Crippen LogP) is -0.734. The van der Waals surface area contributed by atoms with Gasteiger partial charge in [0.25, 0.3) is 0 Å². The van der Waals surface area contributed by atoms with Crippen LogP contribution in [0.1, 0.15) is 0 Å². The van der Waals surface area contributed by atoms with Crippen molar-refractivity contribution in [3.05, 3.63) is 0 Å². The van der Waals surface area contributed by atoms with Crippen molar-refractivity contribution < 1.29 is 14.4 Å². The zero-order chi connectivity index (χ0) is 7.86. The van der Waals surface area contributed by atoms with Crippen LogP contribution in [-0.4, -0.2) is 35.8 Å². The summed E-state index contributed by atoms with van der Waals surface area (Å²) in [5.74, 6) is 4.20. The van der Waals surface area contributed by atoms with Gasteiger partial charge in [0.05, 0.1) is 0 Å². The van der Waals surface area contributed by atoms with Crippen molar-refractivity contribution in [1.82, 2.24) is 4.90 Å². The van der Waals surface area contributed by atoms with Gasteiger partial charge in [0.1, 0.15) is 0 Å². The second-order valence-corrected chi connectivity index (χ2v) is 2.42. The monoisotopic (exact) mass is 156 g/mol. The number of rotatable bonds is 1. The Hall–Kier alpha value is 0.230. The minimum absolute atomic E-state index is 2.00. The summed E-state index contributed by atoms with van der Waals surface area (Å²) in [5, 5.41) is 0. The molecule has 4 N–H and O–H groups in total. The average molecular weight is 156 g/mol. The van der Waals surface area contributed by atoms with Gasteiger partial charge >= 0.3 is 8.60 Å². The van der Waals surface area contributed by atoms with Crippen LogP contribution in [-0.2, 0) is 4.62 Å². The Morgan fingerprint density at radius 3 is 1.44 bits per heavy atom. The first-order valence-corrected chi connectivity index (χ1v) is 3.33. The van der Waals surface area contributed by atoms with Gasteiger partial charge in [0.15, 0.2) is 0 Å². The van der Waals surface area contributed by atoms with Crippen LogP contribution in [0.3, 0.4) is 0 Å². The summed E-state index contributed by atoms with van der Waals surface area (Å²) in [4.78, 5) is 17.3. The molecule has 0 saturated carbocycles. The molecule has 9 heavy (non-hydrogen) atoms. The minimum Gasteiger partial charge on any atom is -0.327 e. The van der Waals surface area contributed by atoms with E-state index in [-0.39, 0.29) is 0 Å². The summed E-state index contributed by atoms with van der Waals surface area (Å²) in [6.07, 6.45) is 0. The van der Waals surface area contributed by atoms with Gasteiger partial charge in [-0.05, 0) is 21.1 Å². The van der Waals surface area contributed by atoms with Crippen LogP contribution in [0.25, 0.3) is 0 Å². The van der Waals surface area contributed by atoms with Crippen LogP contribution >= 0.6 is 8.60 Å². The number of hydrogen-bond acceptors (Lipinski definition) is 5. The molecule has 0 atom stereocenters. The van der Waals surface area contributed by atoms with Gasteiger partial charge in [-0.3, -0.25) is 0 Å². The summed E-state index contributed by atoms with van der Waals surface area (Å²) < 4.78 is 3.43. The highest BCUT2D eigenvalue weighted by Gasteiger charge is 1.87. The fraction of sp³-hybridized carbons (Fsp3) is 1.00. The predicted molar refractivity (Wildman–Crippen MR) is 36.2 cm³/mol. The second-order valence-electron chi connectivity index (χ2n) is 1.70. The summed E-state index contributed by atoms with van der Waals surface area (Å²) in [6.45, 7) is 0. The number of hydrogen-bond donors (Lipinski definition) is 3. The lowest BCUT2D eigenvalue weighted by Gasteiger charge is -1.90. The normalized spacial score (nSPS) is 9.33. The molecule has 0 spiro atoms. The Kier molecular flexibility index (Phi) is 10.9. The van der Waals surface area contributed by atoms with Crippen molar-refractivity contribution in [2.45, 2.75) is 0 Å². The van der Waals surface area contributed by atoms with Gasteiger partial charge < -0.3 is 14.7 Å². The van der Waals surface area contributed by atoms with Crippen LogP contribution in [0.15, 0.2) is 0 Å². The van der Waals surface area contributed by atoms with Crippen molar-refractivity contribution in [3.8, 4) is 0 Å². The van der Waals surface area contributed by atoms with Gasteiger partial charge in [0.2, 0.25) is 0 Å². The molecule has 58 valence electrons. The Balaban J connectivity index is 0. The second kappa shape index (κ2) is 8.23. The SMILES string of the molecule is CN(C)C.NOP(O)O. The van der Waals surface area contributed by atoms with Gasteiger partial charge in [-0.1, -0.05) is 0 Å². The molecular weight excluding hydrogens is 143 g/mol. The summed E-state index contributed by atoms with van der Waals surface area (Å²) in [7, 11) is 3.68. The maximum absolute atomic E-state index is 7.63. The fourth-order valence-electron chi connectivity index (χ4n) is 0. The Morgan fingerprint density at radius 1 is 1.33 bits per heavy atom. The van der Waals surface area contributed by atoms with E-state index in [4.69, 9.17) is 9.79 Å². The van der Waals surface area contributed by atoms with Crippen LogP contribution in [0.4, 0.5) is 0 Å². The highest BCUT2D eigenvalue weighted by molar-refractivity contribution is 7.39. The molecule has 0 aliphatic rings. The van der Waals surface area contributed by atoms with E-state index >= 15 is 0 Å². The third kappa shape index (κ3) is 64.2. The summed E-state index contributed by atoms with van der Waals surface area (Å²) in [5.41, 5.74) is 0. The maximum Gasteiger partial charge on any atom is 0.344 e. The quantitative estimate of drug-likeness (QED) is 0.344. The van der Waals surface area contributed by atoms with Crippen molar-refractivity contribution in [3.63, 3.8) is 0 Å². The van der Waals surface area contributed by atoms with E-state index in [0.717, 1.165) is 0 Å². The standard InChI is InChI=1S/C3H9N.H4NO3P/c1-4(2)3;1-4-5(2)3/h1-3H3;2-3H,1H2. The largest absolute Gasteiger partial charge is 0.344 e. The minimum atomic E-state index is -2.32. The topological polar surface area (TPSA) is 79.0 Å². The lowest BCUT2D eigenvalue weighted by molar-refractivity contribution is 0.263. The molecule has 0 aliphatic heterocycles. The molecule has 0 aromatic heterocycles. The lowest BCUT2D eigenvalue weighted by Crippen LogP contribution is -1.99. The summed E-state index contributed by atoms with van der Waals surface area (Å²) >= 11 is 0. The van der Waals surface area contributed by atoms with Crippen LogP contribution in [0, 0.1) is 0 Å². The molecule has 0 unspecified atom stereocenters. The van der Waals surface area contributed by atoms with Gasteiger partial charge in [0, 0.05) is 0 Å². The Morgan fingerprint density at radius 2 is 1.44 bits per heavy atom. The molecule has 0 aromatic rings. The van der Waals surface area contributed by atoms with E-state index in [1.165, 1.54) is 0 Å². The van der Waals surface area contributed by atoms with Gasteiger partial charge in [-0.2, -0.15) is 0 Å². The molecule has 0 radical (unpaired) electrons. The smallest absolute Gasteiger partial charge is 0.327 e. The summed E-state index contributed by atoms with van der Waals surface area (Å²) in [6, 6.07) is 0. The molecule has 5 nitrogen and oxygen atoms in total. The van der Waals surface area contributed by atoms with E-state index in [1.54, 1.807) is 0 Å². The number of nitrogens with zero attached hydrogens (tertiary/aromatic N) is 1. The molecule has 0 amide bonds. The number of nitrogens with two attached hydrogens (primary N) is 1. The molecule has 0 rings (SSSR count). The van der Waals surface area contributed by atoms with Crippen molar-refractivity contribution >= 4 is 8.60 Å². The van der Waals surface area contributed by atoms with Crippen LogP contribution in [0.5, 0.6) is 0 Å². The fourth-order valence-corrected chi connectivity index (χ4v) is 0. The maximum atomic E-state index is 7.63. The van der Waals surface area contributed by atoms with Gasteiger partial charge in [-0.15, -0.1) is 0 Å². The highest BCUT2D eigenvalue weighted by Crippen LogP contribution is 2.19. The Bertz CT molecular complexity index is 49.6. The molecular formula is C3H13N2O3P. The molecule has 0 fully saturated rings. The first kappa shape index (κ1) is 12.0. The molecule has 6 heteroatoms. The molecule has 0 heterocycles. The van der Waals surface area contributed by atoms with Crippen molar-refractivity contribution in [1.29, 1.82) is 0 Å². The van der Waals surface area contributed by atoms with Crippen LogP contribution in [0.2, 0.25) is 0 Å². The average Bonchev–Trinajstić information content (AvgIpc) is 1.65. The van der Waals surface area contributed by atoms with E-state index in [9.17, 15) is 0 Å². The van der Waals surface area contributed by atoms with Crippen LogP contribution < -0.4 is 5.90 Å². The van der Waals surface area contributed by atoms with Crippen molar-refractivity contribution in [2.75, 3.05) is 21.1 Å².